The van der Waals surface area contributed by atoms with Gasteiger partial charge < -0.3 is 4.90 Å². The summed E-state index contributed by atoms with van der Waals surface area (Å²) < 4.78 is 38.3. The predicted molar refractivity (Wildman–Crippen MR) is 70.6 cm³/mol. The zero-order valence-electron chi connectivity index (χ0n) is 11.1. The number of alkyl halides is 3. The first kappa shape index (κ1) is 13.8. The van der Waals surface area contributed by atoms with Gasteiger partial charge in [-0.2, -0.15) is 13.2 Å². The molecule has 7 heteroatoms. The van der Waals surface area contributed by atoms with Gasteiger partial charge in [-0.1, -0.05) is 6.07 Å². The quantitative estimate of drug-likeness (QED) is 0.852. The highest BCUT2D eigenvalue weighted by atomic mass is 19.4. The lowest BCUT2D eigenvalue weighted by molar-refractivity contribution is -0.141. The first-order valence-electron chi connectivity index (χ1n) is 6.62. The number of nitrogens with zero attached hydrogens (tertiary/aromatic N) is 4. The molecule has 4 nitrogen and oxygen atoms in total. The van der Waals surface area contributed by atoms with Crippen LogP contribution in [0.5, 0.6) is 0 Å². The van der Waals surface area contributed by atoms with E-state index in [1.54, 1.807) is 12.4 Å². The minimum atomic E-state index is -4.46. The molecule has 2 aromatic heterocycles. The van der Waals surface area contributed by atoms with Gasteiger partial charge in [0, 0.05) is 25.1 Å². The summed E-state index contributed by atoms with van der Waals surface area (Å²) in [4.78, 5) is 13.6. The van der Waals surface area contributed by atoms with E-state index in [0.717, 1.165) is 30.7 Å². The van der Waals surface area contributed by atoms with Gasteiger partial charge in [-0.05, 0) is 30.5 Å². The van der Waals surface area contributed by atoms with Crippen LogP contribution in [0.25, 0.3) is 0 Å². The van der Waals surface area contributed by atoms with E-state index in [4.69, 9.17) is 0 Å². The molecule has 0 radical (unpaired) electrons. The number of pyridine rings is 1. The Kier molecular flexibility index (Phi) is 3.48. The maximum Gasteiger partial charge on any atom is 0.433 e. The van der Waals surface area contributed by atoms with Crippen LogP contribution in [0.3, 0.4) is 0 Å². The van der Waals surface area contributed by atoms with Gasteiger partial charge in [0.05, 0.1) is 6.04 Å². The van der Waals surface area contributed by atoms with Crippen LogP contribution in [0.2, 0.25) is 0 Å². The molecular formula is C14H13F3N4. The minimum absolute atomic E-state index is 0.0258. The topological polar surface area (TPSA) is 41.9 Å². The van der Waals surface area contributed by atoms with Gasteiger partial charge in [-0.25, -0.2) is 9.97 Å². The molecule has 0 saturated carbocycles. The van der Waals surface area contributed by atoms with E-state index in [2.05, 4.69) is 15.0 Å². The molecule has 0 aromatic carbocycles. The van der Waals surface area contributed by atoms with Crippen LogP contribution in [-0.4, -0.2) is 21.5 Å². The first-order chi connectivity index (χ1) is 10.1. The van der Waals surface area contributed by atoms with Crippen molar-refractivity contribution in [2.45, 2.75) is 25.1 Å². The van der Waals surface area contributed by atoms with Crippen molar-refractivity contribution in [2.75, 3.05) is 11.4 Å². The van der Waals surface area contributed by atoms with Gasteiger partial charge in [0.25, 0.3) is 0 Å². The summed E-state index contributed by atoms with van der Waals surface area (Å²) in [7, 11) is 0. The van der Waals surface area contributed by atoms with Crippen molar-refractivity contribution in [3.05, 3.63) is 48.0 Å². The zero-order chi connectivity index (χ0) is 14.9. The normalized spacial score (nSPS) is 19.0. The van der Waals surface area contributed by atoms with Crippen molar-refractivity contribution >= 4 is 5.95 Å². The summed E-state index contributed by atoms with van der Waals surface area (Å²) in [5.74, 6) is 0.121. The second kappa shape index (κ2) is 5.31. The van der Waals surface area contributed by atoms with Gasteiger partial charge in [0.2, 0.25) is 5.95 Å². The number of halogens is 3. The molecule has 0 N–H and O–H groups in total. The lowest BCUT2D eigenvalue weighted by Crippen LogP contribution is -2.25. The van der Waals surface area contributed by atoms with E-state index in [0.29, 0.717) is 6.54 Å². The Labute approximate surface area is 119 Å². The zero-order valence-corrected chi connectivity index (χ0v) is 11.1. The molecule has 1 fully saturated rings. The number of hydrogen-bond donors (Lipinski definition) is 0. The number of aromatic nitrogens is 3. The van der Waals surface area contributed by atoms with E-state index in [1.165, 1.54) is 0 Å². The third kappa shape index (κ3) is 2.81. The van der Waals surface area contributed by atoms with Crippen molar-refractivity contribution in [3.8, 4) is 0 Å². The summed E-state index contributed by atoms with van der Waals surface area (Å²) in [5, 5.41) is 0. The monoisotopic (exact) mass is 294 g/mol. The molecule has 1 saturated heterocycles. The molecule has 2 aromatic rings. The van der Waals surface area contributed by atoms with Crippen LogP contribution < -0.4 is 4.90 Å². The summed E-state index contributed by atoms with van der Waals surface area (Å²) in [6.07, 6.45) is 1.84. The maximum absolute atomic E-state index is 12.8. The highest BCUT2D eigenvalue weighted by molar-refractivity contribution is 5.38. The first-order valence-corrected chi connectivity index (χ1v) is 6.62. The van der Waals surface area contributed by atoms with Crippen LogP contribution >= 0.6 is 0 Å². The third-order valence-electron chi connectivity index (χ3n) is 3.51. The van der Waals surface area contributed by atoms with Gasteiger partial charge in [0.1, 0.15) is 5.69 Å². The molecule has 3 heterocycles. The molecule has 0 amide bonds. The van der Waals surface area contributed by atoms with Crippen molar-refractivity contribution in [1.82, 2.24) is 15.0 Å². The molecule has 3 rings (SSSR count). The van der Waals surface area contributed by atoms with E-state index >= 15 is 0 Å². The summed E-state index contributed by atoms with van der Waals surface area (Å²) in [6, 6.07) is 4.60. The van der Waals surface area contributed by atoms with E-state index in [-0.39, 0.29) is 12.0 Å². The van der Waals surface area contributed by atoms with E-state index < -0.39 is 11.9 Å². The maximum atomic E-state index is 12.8. The van der Waals surface area contributed by atoms with Crippen LogP contribution in [0, 0.1) is 0 Å². The highest BCUT2D eigenvalue weighted by Gasteiger charge is 2.35. The number of rotatable bonds is 2. The highest BCUT2D eigenvalue weighted by Crippen LogP contribution is 2.35. The standard InChI is InChI=1S/C14H13F3N4/c15-14(16,17)12-5-7-19-13(20-12)21-8-2-4-11(21)10-3-1-6-18-9-10/h1,3,5-7,9,11H,2,4,8H2/t11-/m0/s1. The summed E-state index contributed by atoms with van der Waals surface area (Å²) in [5.41, 5.74) is 0.0559. The smallest absolute Gasteiger partial charge is 0.334 e. The molecule has 21 heavy (non-hydrogen) atoms. The molecule has 0 aliphatic carbocycles. The van der Waals surface area contributed by atoms with Gasteiger partial charge in [0.15, 0.2) is 0 Å². The third-order valence-corrected chi connectivity index (χ3v) is 3.51. The fourth-order valence-corrected chi connectivity index (χ4v) is 2.57. The second-order valence-electron chi connectivity index (χ2n) is 4.88. The lowest BCUT2D eigenvalue weighted by atomic mass is 10.1. The summed E-state index contributed by atoms with van der Waals surface area (Å²) in [6.45, 7) is 0.640. The molecule has 0 bridgehead atoms. The fraction of sp³-hybridized carbons (Fsp3) is 0.357. The molecule has 0 unspecified atom stereocenters. The Morgan fingerprint density at radius 3 is 2.76 bits per heavy atom. The minimum Gasteiger partial charge on any atom is -0.334 e. The van der Waals surface area contributed by atoms with Gasteiger partial charge in [-0.3, -0.25) is 4.98 Å². The Morgan fingerprint density at radius 1 is 1.19 bits per heavy atom. The van der Waals surface area contributed by atoms with E-state index in [1.807, 2.05) is 17.0 Å². The van der Waals surface area contributed by atoms with E-state index in [9.17, 15) is 13.2 Å². The van der Waals surface area contributed by atoms with Crippen LogP contribution in [0.4, 0.5) is 19.1 Å². The van der Waals surface area contributed by atoms with Gasteiger partial charge >= 0.3 is 6.18 Å². The SMILES string of the molecule is FC(F)(F)c1ccnc(N2CCC[C@H]2c2cccnc2)n1. The second-order valence-corrected chi connectivity index (χ2v) is 4.88. The predicted octanol–water partition coefficient (Wildman–Crippen LogP) is 3.23. The van der Waals surface area contributed by atoms with Crippen molar-refractivity contribution < 1.29 is 13.2 Å². The molecular weight excluding hydrogens is 281 g/mol. The number of hydrogen-bond acceptors (Lipinski definition) is 4. The van der Waals surface area contributed by atoms with Crippen molar-refractivity contribution in [1.29, 1.82) is 0 Å². The van der Waals surface area contributed by atoms with Crippen LogP contribution in [0.15, 0.2) is 36.8 Å². The molecule has 0 spiro atoms. The Bertz CT molecular complexity index is 615. The van der Waals surface area contributed by atoms with Crippen molar-refractivity contribution in [3.63, 3.8) is 0 Å². The largest absolute Gasteiger partial charge is 0.433 e. The Morgan fingerprint density at radius 2 is 2.05 bits per heavy atom. The van der Waals surface area contributed by atoms with Crippen LogP contribution in [-0.2, 0) is 6.18 Å². The fourth-order valence-electron chi connectivity index (χ4n) is 2.57. The number of anilines is 1. The molecule has 110 valence electrons. The van der Waals surface area contributed by atoms with Gasteiger partial charge in [-0.15, -0.1) is 0 Å². The Balaban J connectivity index is 1.93. The molecule has 1 aliphatic rings. The lowest BCUT2D eigenvalue weighted by Gasteiger charge is -2.25. The molecule has 1 atom stereocenters. The Hall–Kier alpha value is -2.18. The molecule has 1 aliphatic heterocycles. The van der Waals surface area contributed by atoms with Crippen molar-refractivity contribution in [2.24, 2.45) is 0 Å². The average molecular weight is 294 g/mol. The summed E-state index contributed by atoms with van der Waals surface area (Å²) >= 11 is 0. The average Bonchev–Trinajstić information content (AvgIpc) is 2.97. The van der Waals surface area contributed by atoms with Crippen LogP contribution in [0.1, 0.15) is 30.1 Å².